The number of nitrogens with two attached hydrogens (primary N) is 2. The summed E-state index contributed by atoms with van der Waals surface area (Å²) in [5, 5.41) is 20.2. The summed E-state index contributed by atoms with van der Waals surface area (Å²) in [5.41, 5.74) is 15.0. The summed E-state index contributed by atoms with van der Waals surface area (Å²) in [6.07, 6.45) is 4.88. The molecule has 6 N–H and O–H groups in total. The largest absolute Gasteiger partial charge is 0.366 e. The number of fused-ring (bicyclic) bond motifs is 3. The molecule has 0 spiro atoms. The number of nitrogens with zero attached hydrogens (tertiary/aromatic N) is 4. The molecule has 6 rings (SSSR count). The highest BCUT2D eigenvalue weighted by molar-refractivity contribution is 5.94. The maximum absolute atomic E-state index is 13.2. The van der Waals surface area contributed by atoms with Crippen LogP contribution in [-0.2, 0) is 23.1 Å². The minimum absolute atomic E-state index is 0.0685. The molecule has 3 aromatic rings. The molecular formula is C30H32N8O3. The Hall–Kier alpha value is -4.56. The fourth-order valence-corrected chi connectivity index (χ4v) is 6.95. The molecule has 0 radical (unpaired) electrons. The van der Waals surface area contributed by atoms with Gasteiger partial charge in [-0.15, -0.1) is 0 Å². The van der Waals surface area contributed by atoms with E-state index in [4.69, 9.17) is 11.5 Å². The number of hydrogen-bond acceptors (Lipinski definition) is 7. The molecule has 210 valence electrons. The lowest BCUT2D eigenvalue weighted by Gasteiger charge is -2.37. The van der Waals surface area contributed by atoms with E-state index in [1.807, 2.05) is 31.2 Å². The maximum Gasteiger partial charge on any atom is 0.248 e. The zero-order chi connectivity index (χ0) is 28.9. The monoisotopic (exact) mass is 552 g/mol. The standard InChI is InChI=1S/C30H32N8O3/c1-16(34-14-26(39)38-22(13-31)10-21-11-25(21)38)12-30(29-35-15-36-37-29)23-6-4-19(27(32)40)8-17(23)2-3-18-9-20(28(33)41)5-7-24(18)30/h4-9,15-16,21-22,25,34H,2-3,10-12,14H2,1H3,(H2,32,40)(H2,33,41)(H,35,36,37)/t16-,21+,22?,25-/m0/s1. The number of aromatic amines is 1. The van der Waals surface area contributed by atoms with E-state index in [-0.39, 0.29) is 30.6 Å². The van der Waals surface area contributed by atoms with Crippen molar-refractivity contribution in [2.24, 2.45) is 17.4 Å². The van der Waals surface area contributed by atoms with E-state index in [1.165, 1.54) is 6.33 Å². The van der Waals surface area contributed by atoms with Gasteiger partial charge < -0.3 is 21.7 Å². The number of amides is 3. The molecule has 1 saturated heterocycles. The van der Waals surface area contributed by atoms with E-state index in [2.05, 4.69) is 26.6 Å². The average molecular weight is 553 g/mol. The summed E-state index contributed by atoms with van der Waals surface area (Å²) in [6.45, 7) is 2.12. The fraction of sp³-hybridized carbons (Fsp3) is 0.400. The van der Waals surface area contributed by atoms with Gasteiger partial charge in [-0.25, -0.2) is 4.98 Å². The number of nitrogens with one attached hydrogen (secondary N) is 2. The number of piperidine rings is 1. The van der Waals surface area contributed by atoms with Crippen molar-refractivity contribution in [2.45, 2.75) is 62.6 Å². The first-order chi connectivity index (χ1) is 19.7. The van der Waals surface area contributed by atoms with Gasteiger partial charge in [0, 0.05) is 23.2 Å². The van der Waals surface area contributed by atoms with Gasteiger partial charge in [-0.2, -0.15) is 10.4 Å². The number of benzene rings is 2. The summed E-state index contributed by atoms with van der Waals surface area (Å²) >= 11 is 0. The van der Waals surface area contributed by atoms with Crippen molar-refractivity contribution in [1.82, 2.24) is 25.4 Å². The first-order valence-electron chi connectivity index (χ1n) is 13.9. The van der Waals surface area contributed by atoms with Crippen LogP contribution in [0.4, 0.5) is 0 Å². The molecule has 1 aliphatic heterocycles. The first kappa shape index (κ1) is 26.7. The number of rotatable bonds is 8. The number of hydrogen-bond donors (Lipinski definition) is 4. The molecule has 41 heavy (non-hydrogen) atoms. The van der Waals surface area contributed by atoms with Crippen LogP contribution in [0.15, 0.2) is 42.7 Å². The molecule has 0 bridgehead atoms. The molecule has 4 atom stereocenters. The van der Waals surface area contributed by atoms with Gasteiger partial charge in [0.1, 0.15) is 18.2 Å². The van der Waals surface area contributed by atoms with E-state index in [0.717, 1.165) is 35.1 Å². The van der Waals surface area contributed by atoms with Crippen LogP contribution >= 0.6 is 0 Å². The van der Waals surface area contributed by atoms with E-state index in [0.29, 0.717) is 42.1 Å². The molecule has 1 unspecified atom stereocenters. The van der Waals surface area contributed by atoms with Crippen LogP contribution in [0, 0.1) is 17.2 Å². The second-order valence-electron chi connectivity index (χ2n) is 11.4. The topological polar surface area (TPSA) is 184 Å². The molecule has 1 aromatic heterocycles. The van der Waals surface area contributed by atoms with Gasteiger partial charge in [-0.05, 0) is 91.5 Å². The highest BCUT2D eigenvalue weighted by Gasteiger charge is 2.54. The summed E-state index contributed by atoms with van der Waals surface area (Å²) < 4.78 is 0. The van der Waals surface area contributed by atoms with Crippen LogP contribution in [0.1, 0.15) is 75.0 Å². The minimum atomic E-state index is -0.857. The van der Waals surface area contributed by atoms with E-state index in [1.54, 1.807) is 17.0 Å². The summed E-state index contributed by atoms with van der Waals surface area (Å²) in [7, 11) is 0. The third kappa shape index (κ3) is 4.54. The van der Waals surface area contributed by atoms with Gasteiger partial charge in [0.2, 0.25) is 17.7 Å². The molecule has 2 fully saturated rings. The fourth-order valence-electron chi connectivity index (χ4n) is 6.95. The van der Waals surface area contributed by atoms with Gasteiger partial charge in [0.15, 0.2) is 0 Å². The predicted octanol–water partition coefficient (Wildman–Crippen LogP) is 1.32. The summed E-state index contributed by atoms with van der Waals surface area (Å²) in [6, 6.07) is 12.8. The van der Waals surface area contributed by atoms with Gasteiger partial charge >= 0.3 is 0 Å². The van der Waals surface area contributed by atoms with Crippen molar-refractivity contribution in [2.75, 3.05) is 6.54 Å². The van der Waals surface area contributed by atoms with Gasteiger partial charge in [-0.3, -0.25) is 19.5 Å². The lowest BCUT2D eigenvalue weighted by molar-refractivity contribution is -0.131. The molecule has 11 nitrogen and oxygen atoms in total. The Morgan fingerprint density at radius 2 is 1.73 bits per heavy atom. The van der Waals surface area contributed by atoms with Crippen LogP contribution < -0.4 is 16.8 Å². The van der Waals surface area contributed by atoms with Crippen molar-refractivity contribution in [1.29, 1.82) is 5.26 Å². The number of carbonyl (C=O) groups is 3. The highest BCUT2D eigenvalue weighted by Crippen LogP contribution is 2.48. The molecule has 2 aromatic carbocycles. The lowest BCUT2D eigenvalue weighted by Crippen LogP contribution is -2.46. The smallest absolute Gasteiger partial charge is 0.248 e. The Morgan fingerprint density at radius 1 is 1.10 bits per heavy atom. The molecule has 1 saturated carbocycles. The zero-order valence-corrected chi connectivity index (χ0v) is 22.8. The lowest BCUT2D eigenvalue weighted by atomic mass is 9.67. The Morgan fingerprint density at radius 3 is 2.27 bits per heavy atom. The molecule has 3 amide bonds. The van der Waals surface area contributed by atoms with Gasteiger partial charge in [0.05, 0.1) is 18.0 Å². The molecule has 11 heteroatoms. The van der Waals surface area contributed by atoms with E-state index in [9.17, 15) is 19.6 Å². The molecule has 3 aliphatic rings. The molecule has 2 heterocycles. The quantitative estimate of drug-likeness (QED) is 0.325. The Kier molecular flexibility index (Phi) is 6.58. The summed E-state index contributed by atoms with van der Waals surface area (Å²) in [5.74, 6) is -0.0449. The average Bonchev–Trinajstić information content (AvgIpc) is 3.35. The third-order valence-corrected chi connectivity index (χ3v) is 8.94. The Bertz CT molecular complexity index is 1510. The Balaban J connectivity index is 1.40. The zero-order valence-electron chi connectivity index (χ0n) is 22.8. The number of H-pyrrole nitrogens is 1. The van der Waals surface area contributed by atoms with Crippen LogP contribution in [0.25, 0.3) is 0 Å². The summed E-state index contributed by atoms with van der Waals surface area (Å²) in [4.78, 5) is 43.8. The number of primary amides is 2. The maximum atomic E-state index is 13.2. The highest BCUT2D eigenvalue weighted by atomic mass is 16.2. The first-order valence-corrected chi connectivity index (χ1v) is 13.9. The van der Waals surface area contributed by atoms with E-state index < -0.39 is 17.2 Å². The third-order valence-electron chi connectivity index (χ3n) is 8.94. The van der Waals surface area contributed by atoms with E-state index >= 15 is 0 Å². The van der Waals surface area contributed by atoms with Crippen molar-refractivity contribution >= 4 is 17.7 Å². The number of aromatic nitrogens is 3. The predicted molar refractivity (Wildman–Crippen MR) is 148 cm³/mol. The van der Waals surface area contributed by atoms with Crippen molar-refractivity contribution in [3.63, 3.8) is 0 Å². The number of aryl methyl sites for hydroxylation is 2. The number of nitriles is 1. The second-order valence-corrected chi connectivity index (χ2v) is 11.4. The van der Waals surface area contributed by atoms with Crippen LogP contribution in [-0.4, -0.2) is 62.5 Å². The van der Waals surface area contributed by atoms with Gasteiger partial charge in [0.25, 0.3) is 0 Å². The second kappa shape index (κ2) is 10.1. The molecule has 2 aliphatic carbocycles. The number of carbonyl (C=O) groups excluding carboxylic acids is 3. The van der Waals surface area contributed by atoms with Crippen molar-refractivity contribution < 1.29 is 14.4 Å². The minimum Gasteiger partial charge on any atom is -0.366 e. The SMILES string of the molecule is C[C@@H](CC1(c2ncn[nH]2)c2ccc(C(N)=O)cc2CCc2cc(C(N)=O)ccc21)NCC(=O)N1C(C#N)C[C@@H]2C[C@@H]21. The number of likely N-dealkylation sites (tertiary alicyclic amines) is 1. The van der Waals surface area contributed by atoms with Crippen LogP contribution in [0.5, 0.6) is 0 Å². The Labute approximate surface area is 237 Å². The van der Waals surface area contributed by atoms with Crippen molar-refractivity contribution in [3.8, 4) is 6.07 Å². The normalized spacial score (nSPS) is 22.4. The van der Waals surface area contributed by atoms with Gasteiger partial charge in [-0.1, -0.05) is 12.1 Å². The van der Waals surface area contributed by atoms with Crippen LogP contribution in [0.3, 0.4) is 0 Å². The molecular weight excluding hydrogens is 520 g/mol. The van der Waals surface area contributed by atoms with Crippen molar-refractivity contribution in [3.05, 3.63) is 81.9 Å². The van der Waals surface area contributed by atoms with Crippen LogP contribution in [0.2, 0.25) is 0 Å².